The van der Waals surface area contributed by atoms with Gasteiger partial charge in [0.05, 0.1) is 6.04 Å². The third kappa shape index (κ3) is 3.71. The first-order valence-corrected chi connectivity index (χ1v) is 7.06. The predicted molar refractivity (Wildman–Crippen MR) is 81.5 cm³/mol. The number of allylic oxidation sites excluding steroid dienone is 3. The molecule has 0 aromatic heterocycles. The summed E-state index contributed by atoms with van der Waals surface area (Å²) >= 11 is 0. The van der Waals surface area contributed by atoms with E-state index in [1.54, 1.807) is 0 Å². The summed E-state index contributed by atoms with van der Waals surface area (Å²) in [7, 11) is 1.98. The summed E-state index contributed by atoms with van der Waals surface area (Å²) in [6.07, 6.45) is 8.95. The molecule has 0 fully saturated rings. The van der Waals surface area contributed by atoms with Crippen LogP contribution in [0.3, 0.4) is 0 Å². The number of hydrogen-bond donors (Lipinski definition) is 2. The Morgan fingerprint density at radius 2 is 2.11 bits per heavy atom. The van der Waals surface area contributed by atoms with E-state index in [1.807, 2.05) is 13.1 Å². The van der Waals surface area contributed by atoms with Crippen molar-refractivity contribution in [3.63, 3.8) is 0 Å². The minimum absolute atomic E-state index is 0.197. The number of rotatable bonds is 4. The molecule has 0 spiro atoms. The van der Waals surface area contributed by atoms with Crippen LogP contribution in [0.4, 0.5) is 0 Å². The van der Waals surface area contributed by atoms with Gasteiger partial charge in [0.25, 0.3) is 0 Å². The van der Waals surface area contributed by atoms with Crippen LogP contribution in [0.2, 0.25) is 0 Å². The lowest BCUT2D eigenvalue weighted by Gasteiger charge is -2.24. The minimum Gasteiger partial charge on any atom is -0.402 e. The Morgan fingerprint density at radius 3 is 2.74 bits per heavy atom. The van der Waals surface area contributed by atoms with Crippen LogP contribution in [0.25, 0.3) is 0 Å². The van der Waals surface area contributed by atoms with Gasteiger partial charge < -0.3 is 11.1 Å². The standard InChI is InChI=1S/C17H24N2/c1-13-7-6-10-15(11-13)16(18)12-17(19-2)14-8-4-3-5-9-14/h3-9,12-13,15,17,19H,10-11,18H2,1-2H3/b16-12-. The number of nitrogens with one attached hydrogen (secondary N) is 1. The zero-order chi connectivity index (χ0) is 13.7. The van der Waals surface area contributed by atoms with Gasteiger partial charge in [-0.15, -0.1) is 0 Å². The Bertz CT molecular complexity index is 448. The van der Waals surface area contributed by atoms with Gasteiger partial charge in [0.2, 0.25) is 0 Å². The number of nitrogens with two attached hydrogens (primary N) is 1. The van der Waals surface area contributed by atoms with Crippen LogP contribution in [-0.4, -0.2) is 7.05 Å². The highest BCUT2D eigenvalue weighted by Crippen LogP contribution is 2.28. The molecule has 0 amide bonds. The first-order chi connectivity index (χ1) is 9.20. The lowest BCUT2D eigenvalue weighted by molar-refractivity contribution is 0.462. The van der Waals surface area contributed by atoms with Crippen molar-refractivity contribution in [3.05, 3.63) is 59.8 Å². The van der Waals surface area contributed by atoms with Gasteiger partial charge in [0.1, 0.15) is 0 Å². The molecule has 2 nitrogen and oxygen atoms in total. The van der Waals surface area contributed by atoms with Crippen molar-refractivity contribution in [1.82, 2.24) is 5.32 Å². The van der Waals surface area contributed by atoms with Crippen LogP contribution < -0.4 is 11.1 Å². The van der Waals surface area contributed by atoms with Crippen LogP contribution in [0, 0.1) is 11.8 Å². The molecule has 3 N–H and O–H groups in total. The van der Waals surface area contributed by atoms with Crippen LogP contribution in [-0.2, 0) is 0 Å². The number of hydrogen-bond acceptors (Lipinski definition) is 2. The molecular formula is C17H24N2. The highest BCUT2D eigenvalue weighted by molar-refractivity contribution is 5.25. The molecule has 0 saturated heterocycles. The van der Waals surface area contributed by atoms with Gasteiger partial charge in [0.15, 0.2) is 0 Å². The van der Waals surface area contributed by atoms with E-state index >= 15 is 0 Å². The molecule has 1 aromatic carbocycles. The van der Waals surface area contributed by atoms with Crippen molar-refractivity contribution in [2.45, 2.75) is 25.8 Å². The summed E-state index contributed by atoms with van der Waals surface area (Å²) in [6.45, 7) is 2.25. The summed E-state index contributed by atoms with van der Waals surface area (Å²) in [5.74, 6) is 1.12. The maximum absolute atomic E-state index is 6.31. The van der Waals surface area contributed by atoms with Gasteiger partial charge in [-0.2, -0.15) is 0 Å². The second-order valence-electron chi connectivity index (χ2n) is 5.42. The van der Waals surface area contributed by atoms with Crippen molar-refractivity contribution >= 4 is 0 Å². The molecule has 3 atom stereocenters. The van der Waals surface area contributed by atoms with Gasteiger partial charge in [-0.3, -0.25) is 0 Å². The summed E-state index contributed by atoms with van der Waals surface area (Å²) in [6, 6.07) is 10.6. The quantitative estimate of drug-likeness (QED) is 0.810. The normalized spacial score (nSPS) is 25.3. The Hall–Kier alpha value is -1.54. The van der Waals surface area contributed by atoms with Gasteiger partial charge >= 0.3 is 0 Å². The van der Waals surface area contributed by atoms with Crippen LogP contribution in [0.1, 0.15) is 31.4 Å². The zero-order valence-electron chi connectivity index (χ0n) is 11.8. The lowest BCUT2D eigenvalue weighted by Crippen LogP contribution is -2.21. The molecule has 2 rings (SSSR count). The van der Waals surface area contributed by atoms with Gasteiger partial charge in [-0.1, -0.05) is 49.4 Å². The number of benzene rings is 1. The highest BCUT2D eigenvalue weighted by Gasteiger charge is 2.18. The maximum Gasteiger partial charge on any atom is 0.0523 e. The number of likely N-dealkylation sites (N-methyl/N-ethyl adjacent to an activating group) is 1. The van der Waals surface area contributed by atoms with Crippen molar-refractivity contribution < 1.29 is 0 Å². The molecule has 0 radical (unpaired) electrons. The molecule has 19 heavy (non-hydrogen) atoms. The summed E-state index contributed by atoms with van der Waals surface area (Å²) in [5.41, 5.74) is 8.58. The van der Waals surface area contributed by atoms with Crippen molar-refractivity contribution in [3.8, 4) is 0 Å². The average molecular weight is 256 g/mol. The highest BCUT2D eigenvalue weighted by atomic mass is 14.9. The van der Waals surface area contributed by atoms with E-state index in [9.17, 15) is 0 Å². The van der Waals surface area contributed by atoms with Crippen molar-refractivity contribution in [2.24, 2.45) is 17.6 Å². The van der Waals surface area contributed by atoms with Gasteiger partial charge in [-0.05, 0) is 37.4 Å². The topological polar surface area (TPSA) is 38.0 Å². The largest absolute Gasteiger partial charge is 0.402 e. The third-order valence-corrected chi connectivity index (χ3v) is 3.84. The van der Waals surface area contributed by atoms with Crippen LogP contribution >= 0.6 is 0 Å². The monoisotopic (exact) mass is 256 g/mol. The fraction of sp³-hybridized carbons (Fsp3) is 0.412. The van der Waals surface area contributed by atoms with E-state index < -0.39 is 0 Å². The maximum atomic E-state index is 6.31. The smallest absolute Gasteiger partial charge is 0.0523 e. The Kier molecular flexibility index (Phi) is 4.80. The molecule has 0 saturated carbocycles. The molecule has 1 aliphatic carbocycles. The summed E-state index contributed by atoms with van der Waals surface area (Å²) in [5, 5.41) is 3.33. The fourth-order valence-electron chi connectivity index (χ4n) is 2.71. The first kappa shape index (κ1) is 13.9. The third-order valence-electron chi connectivity index (χ3n) is 3.84. The average Bonchev–Trinajstić information content (AvgIpc) is 2.45. The fourth-order valence-corrected chi connectivity index (χ4v) is 2.71. The molecule has 3 unspecified atom stereocenters. The molecule has 1 aliphatic rings. The van der Waals surface area contributed by atoms with E-state index in [0.29, 0.717) is 11.8 Å². The van der Waals surface area contributed by atoms with Crippen LogP contribution in [0.15, 0.2) is 54.3 Å². The van der Waals surface area contributed by atoms with Gasteiger partial charge in [0, 0.05) is 11.6 Å². The Balaban J connectivity index is 2.12. The SMILES string of the molecule is CNC(/C=C(\N)C1CC=CC(C)C1)c1ccccc1. The van der Waals surface area contributed by atoms with E-state index in [0.717, 1.165) is 18.5 Å². The molecular weight excluding hydrogens is 232 g/mol. The molecule has 0 heterocycles. The van der Waals surface area contributed by atoms with Crippen molar-refractivity contribution in [2.75, 3.05) is 7.05 Å². The minimum atomic E-state index is 0.197. The molecule has 2 heteroatoms. The Morgan fingerprint density at radius 1 is 1.37 bits per heavy atom. The Labute approximate surface area is 116 Å². The van der Waals surface area contributed by atoms with Crippen molar-refractivity contribution in [1.29, 1.82) is 0 Å². The van der Waals surface area contributed by atoms with Gasteiger partial charge in [-0.25, -0.2) is 0 Å². The molecule has 0 bridgehead atoms. The first-order valence-electron chi connectivity index (χ1n) is 7.06. The second kappa shape index (κ2) is 6.58. The van der Waals surface area contributed by atoms with E-state index in [4.69, 9.17) is 5.73 Å². The lowest BCUT2D eigenvalue weighted by atomic mass is 9.85. The summed E-state index contributed by atoms with van der Waals surface area (Å²) in [4.78, 5) is 0. The second-order valence-corrected chi connectivity index (χ2v) is 5.42. The predicted octanol–water partition coefficient (Wildman–Crippen LogP) is 3.39. The van der Waals surface area contributed by atoms with Crippen LogP contribution in [0.5, 0.6) is 0 Å². The molecule has 1 aromatic rings. The molecule has 0 aliphatic heterocycles. The summed E-state index contributed by atoms with van der Waals surface area (Å²) < 4.78 is 0. The van der Waals surface area contributed by atoms with E-state index in [1.165, 1.54) is 5.56 Å². The zero-order valence-corrected chi connectivity index (χ0v) is 11.8. The van der Waals surface area contributed by atoms with E-state index in [-0.39, 0.29) is 6.04 Å². The van der Waals surface area contributed by atoms with E-state index in [2.05, 4.69) is 54.7 Å². The molecule has 102 valence electrons.